The molecule has 0 aromatic carbocycles. The largest absolute Gasteiger partial charge is 0.391 e. The Kier molecular flexibility index (Phi) is 3.67. The molecule has 0 aromatic rings. The second-order valence-electron chi connectivity index (χ2n) is 5.15. The Bertz CT molecular complexity index is 202. The summed E-state index contributed by atoms with van der Waals surface area (Å²) in [6, 6.07) is 0.126. The Morgan fingerprint density at radius 1 is 1.57 bits per heavy atom. The number of rotatable bonds is 3. The highest BCUT2D eigenvalue weighted by Crippen LogP contribution is 2.20. The van der Waals surface area contributed by atoms with E-state index in [1.807, 2.05) is 20.8 Å². The third kappa shape index (κ3) is 3.07. The van der Waals surface area contributed by atoms with Gasteiger partial charge in [-0.3, -0.25) is 4.79 Å². The van der Waals surface area contributed by atoms with Gasteiger partial charge in [-0.05, 0) is 19.4 Å². The number of hydrogen-bond acceptors (Lipinski definition) is 3. The first kappa shape index (κ1) is 11.7. The molecule has 0 saturated carbocycles. The van der Waals surface area contributed by atoms with Crippen molar-refractivity contribution in [3.63, 3.8) is 0 Å². The highest BCUT2D eigenvalue weighted by atomic mass is 16.3. The zero-order chi connectivity index (χ0) is 10.8. The van der Waals surface area contributed by atoms with E-state index in [-0.39, 0.29) is 23.7 Å². The Labute approximate surface area is 85.9 Å². The summed E-state index contributed by atoms with van der Waals surface area (Å²) in [6.45, 7) is 6.64. The van der Waals surface area contributed by atoms with Gasteiger partial charge in [-0.1, -0.05) is 20.8 Å². The van der Waals surface area contributed by atoms with Crippen molar-refractivity contribution in [2.75, 3.05) is 6.54 Å². The van der Waals surface area contributed by atoms with Crippen molar-refractivity contribution in [1.82, 2.24) is 5.32 Å². The summed E-state index contributed by atoms with van der Waals surface area (Å²) in [5, 5.41) is 13.0. The standard InChI is InChI=1S/C11H21NO2/c1-11(2,3)10(14)7-9(13)8-5-4-6-12-8/h8-9,12-13H,4-7H2,1-3H3. The Balaban J connectivity index is 2.39. The van der Waals surface area contributed by atoms with Crippen molar-refractivity contribution >= 4 is 5.78 Å². The van der Waals surface area contributed by atoms with Gasteiger partial charge in [0.15, 0.2) is 0 Å². The number of aliphatic hydroxyl groups excluding tert-OH is 1. The van der Waals surface area contributed by atoms with Gasteiger partial charge in [-0.15, -0.1) is 0 Å². The molecule has 0 aliphatic carbocycles. The normalized spacial score (nSPS) is 25.0. The molecule has 0 aromatic heterocycles. The topological polar surface area (TPSA) is 49.3 Å². The van der Waals surface area contributed by atoms with Gasteiger partial charge in [-0.2, -0.15) is 0 Å². The van der Waals surface area contributed by atoms with Gasteiger partial charge in [0.25, 0.3) is 0 Å². The molecule has 2 atom stereocenters. The predicted molar refractivity (Wildman–Crippen MR) is 56.1 cm³/mol. The fourth-order valence-corrected chi connectivity index (χ4v) is 1.68. The van der Waals surface area contributed by atoms with Gasteiger partial charge in [0.2, 0.25) is 0 Å². The lowest BCUT2D eigenvalue weighted by Gasteiger charge is -2.22. The predicted octanol–water partition coefficient (Wildman–Crippen LogP) is 1.10. The van der Waals surface area contributed by atoms with Crippen LogP contribution in [0.4, 0.5) is 0 Å². The summed E-state index contributed by atoms with van der Waals surface area (Å²) >= 11 is 0. The van der Waals surface area contributed by atoms with E-state index < -0.39 is 6.10 Å². The first-order chi connectivity index (χ1) is 6.41. The van der Waals surface area contributed by atoms with Crippen molar-refractivity contribution in [3.8, 4) is 0 Å². The molecule has 0 bridgehead atoms. The maximum absolute atomic E-state index is 11.6. The van der Waals surface area contributed by atoms with Crippen molar-refractivity contribution in [1.29, 1.82) is 0 Å². The minimum absolute atomic E-state index is 0.126. The summed E-state index contributed by atoms with van der Waals surface area (Å²) in [5.74, 6) is 0.138. The molecule has 2 N–H and O–H groups in total. The number of Topliss-reactive ketones (excluding diaryl/α,β-unsaturated/α-hetero) is 1. The maximum atomic E-state index is 11.6. The number of carbonyl (C=O) groups excluding carboxylic acids is 1. The van der Waals surface area contributed by atoms with Crippen LogP contribution in [0.2, 0.25) is 0 Å². The van der Waals surface area contributed by atoms with Crippen LogP contribution in [-0.2, 0) is 4.79 Å². The molecule has 1 heterocycles. The van der Waals surface area contributed by atoms with Crippen LogP contribution in [0.5, 0.6) is 0 Å². The minimum atomic E-state index is -0.510. The van der Waals surface area contributed by atoms with E-state index in [1.54, 1.807) is 0 Å². The molecule has 14 heavy (non-hydrogen) atoms. The molecule has 82 valence electrons. The molecule has 0 amide bonds. The van der Waals surface area contributed by atoms with E-state index in [2.05, 4.69) is 5.32 Å². The quantitative estimate of drug-likeness (QED) is 0.715. The van der Waals surface area contributed by atoms with E-state index in [0.717, 1.165) is 19.4 Å². The van der Waals surface area contributed by atoms with Crippen LogP contribution in [0.3, 0.4) is 0 Å². The zero-order valence-corrected chi connectivity index (χ0v) is 9.34. The fraction of sp³-hybridized carbons (Fsp3) is 0.909. The van der Waals surface area contributed by atoms with Crippen LogP contribution in [-0.4, -0.2) is 29.6 Å². The van der Waals surface area contributed by atoms with Crippen molar-refractivity contribution in [2.24, 2.45) is 5.41 Å². The highest BCUT2D eigenvalue weighted by Gasteiger charge is 2.29. The molecule has 1 rings (SSSR count). The lowest BCUT2D eigenvalue weighted by molar-refractivity contribution is -0.128. The van der Waals surface area contributed by atoms with E-state index in [9.17, 15) is 9.90 Å². The number of carbonyl (C=O) groups is 1. The fourth-order valence-electron chi connectivity index (χ4n) is 1.68. The van der Waals surface area contributed by atoms with E-state index >= 15 is 0 Å². The first-order valence-electron chi connectivity index (χ1n) is 5.36. The first-order valence-corrected chi connectivity index (χ1v) is 5.36. The Morgan fingerprint density at radius 2 is 2.21 bits per heavy atom. The zero-order valence-electron chi connectivity index (χ0n) is 9.34. The lowest BCUT2D eigenvalue weighted by atomic mass is 9.86. The van der Waals surface area contributed by atoms with E-state index in [4.69, 9.17) is 0 Å². The number of hydrogen-bond donors (Lipinski definition) is 2. The number of nitrogens with one attached hydrogen (secondary N) is 1. The smallest absolute Gasteiger partial charge is 0.140 e. The summed E-state index contributed by atoms with van der Waals surface area (Å²) in [6.07, 6.45) is 1.86. The monoisotopic (exact) mass is 199 g/mol. The SMILES string of the molecule is CC(C)(C)C(=O)CC(O)C1CCCN1. The molecule has 1 fully saturated rings. The van der Waals surface area contributed by atoms with Gasteiger partial charge in [0, 0.05) is 17.9 Å². The maximum Gasteiger partial charge on any atom is 0.140 e. The molecule has 1 saturated heterocycles. The molecule has 1 aliphatic heterocycles. The van der Waals surface area contributed by atoms with Crippen LogP contribution in [0.25, 0.3) is 0 Å². The third-order valence-electron chi connectivity index (χ3n) is 2.79. The van der Waals surface area contributed by atoms with Crippen LogP contribution in [0.1, 0.15) is 40.0 Å². The van der Waals surface area contributed by atoms with Crippen LogP contribution < -0.4 is 5.32 Å². The van der Waals surface area contributed by atoms with E-state index in [0.29, 0.717) is 0 Å². The van der Waals surface area contributed by atoms with Crippen LogP contribution in [0, 0.1) is 5.41 Å². The van der Waals surface area contributed by atoms with Gasteiger partial charge in [0.1, 0.15) is 5.78 Å². The van der Waals surface area contributed by atoms with Crippen LogP contribution >= 0.6 is 0 Å². The van der Waals surface area contributed by atoms with Crippen molar-refractivity contribution in [3.05, 3.63) is 0 Å². The third-order valence-corrected chi connectivity index (χ3v) is 2.79. The number of ketones is 1. The molecule has 1 aliphatic rings. The van der Waals surface area contributed by atoms with Gasteiger partial charge in [-0.25, -0.2) is 0 Å². The highest BCUT2D eigenvalue weighted by molar-refractivity contribution is 5.84. The molecule has 3 heteroatoms. The summed E-state index contributed by atoms with van der Waals surface area (Å²) in [5.41, 5.74) is -0.334. The molecule has 0 radical (unpaired) electrons. The molecule has 0 spiro atoms. The minimum Gasteiger partial charge on any atom is -0.391 e. The van der Waals surface area contributed by atoms with Crippen molar-refractivity contribution < 1.29 is 9.90 Å². The van der Waals surface area contributed by atoms with Crippen molar-refractivity contribution in [2.45, 2.75) is 52.2 Å². The summed E-state index contributed by atoms with van der Waals surface area (Å²) < 4.78 is 0. The molecule has 3 nitrogen and oxygen atoms in total. The second-order valence-corrected chi connectivity index (χ2v) is 5.15. The Morgan fingerprint density at radius 3 is 2.64 bits per heavy atom. The molecular formula is C11H21NO2. The summed E-state index contributed by atoms with van der Waals surface area (Å²) in [4.78, 5) is 11.6. The molecule has 2 unspecified atom stereocenters. The number of aliphatic hydroxyl groups is 1. The van der Waals surface area contributed by atoms with Gasteiger partial charge in [0.05, 0.1) is 6.10 Å². The molecular weight excluding hydrogens is 178 g/mol. The van der Waals surface area contributed by atoms with Gasteiger partial charge >= 0.3 is 0 Å². The second kappa shape index (κ2) is 4.41. The average molecular weight is 199 g/mol. The van der Waals surface area contributed by atoms with Crippen LogP contribution in [0.15, 0.2) is 0 Å². The average Bonchev–Trinajstić information content (AvgIpc) is 2.53. The Hall–Kier alpha value is -0.410. The lowest BCUT2D eigenvalue weighted by Crippen LogP contribution is -2.38. The van der Waals surface area contributed by atoms with E-state index in [1.165, 1.54) is 0 Å². The summed E-state index contributed by atoms with van der Waals surface area (Å²) in [7, 11) is 0. The van der Waals surface area contributed by atoms with Gasteiger partial charge < -0.3 is 10.4 Å².